The minimum absolute atomic E-state index is 0.201. The number of hydrogen-bond donors (Lipinski definition) is 0. The molecule has 1 rings (SSSR count). The van der Waals surface area contributed by atoms with E-state index in [2.05, 4.69) is 21.6 Å². The topological polar surface area (TPSA) is 105 Å². The summed E-state index contributed by atoms with van der Waals surface area (Å²) in [6.07, 6.45) is 14.7. The van der Waals surface area contributed by atoms with Gasteiger partial charge in [-0.2, -0.15) is 0 Å². The van der Waals surface area contributed by atoms with Crippen LogP contribution in [-0.4, -0.2) is 23.9 Å². The molecular weight excluding hydrogens is 428 g/mol. The molecule has 0 N–H and O–H groups in total. The molecule has 0 aliphatic heterocycles. The van der Waals surface area contributed by atoms with Crippen LogP contribution in [0.5, 0.6) is 0 Å². The van der Waals surface area contributed by atoms with Crippen LogP contribution in [0.3, 0.4) is 0 Å². The van der Waals surface area contributed by atoms with Gasteiger partial charge in [0.2, 0.25) is 0 Å². The van der Waals surface area contributed by atoms with Gasteiger partial charge in [0, 0.05) is 13.8 Å². The molecule has 1 aliphatic carbocycles. The van der Waals surface area contributed by atoms with Gasteiger partial charge in [0.05, 0.1) is 12.3 Å². The van der Waals surface area contributed by atoms with Crippen molar-refractivity contribution in [3.63, 3.8) is 0 Å². The Bertz CT molecular complexity index is 603. The molecule has 0 bridgehead atoms. The summed E-state index contributed by atoms with van der Waals surface area (Å²) in [5, 5.41) is 0. The Morgan fingerprint density at radius 2 is 1.30 bits per heavy atom. The summed E-state index contributed by atoms with van der Waals surface area (Å²) in [5.41, 5.74) is 0. The summed E-state index contributed by atoms with van der Waals surface area (Å²) in [7, 11) is 0. The van der Waals surface area contributed by atoms with E-state index in [0.717, 1.165) is 64.2 Å². The molecule has 3 atom stereocenters. The first-order chi connectivity index (χ1) is 15.8. The summed E-state index contributed by atoms with van der Waals surface area (Å²) in [4.78, 5) is 63.5. The van der Waals surface area contributed by atoms with Crippen molar-refractivity contribution in [2.75, 3.05) is 0 Å². The second kappa shape index (κ2) is 17.4. The SMILES string of the molecule is CCCCCCC1CCC(CCCCCCCC(=O)OOC(C)=O)CC1C(=O)OOC(C)=O. The Morgan fingerprint density at radius 1 is 0.697 bits per heavy atom. The van der Waals surface area contributed by atoms with Crippen LogP contribution in [0.2, 0.25) is 0 Å². The lowest BCUT2D eigenvalue weighted by molar-refractivity contribution is -0.262. The summed E-state index contributed by atoms with van der Waals surface area (Å²) < 4.78 is 0. The molecule has 0 radical (unpaired) electrons. The molecule has 1 aliphatic rings. The Morgan fingerprint density at radius 3 is 2.00 bits per heavy atom. The van der Waals surface area contributed by atoms with E-state index in [1.165, 1.54) is 33.1 Å². The molecule has 0 saturated heterocycles. The first-order valence-electron chi connectivity index (χ1n) is 12.6. The molecule has 3 unspecified atom stereocenters. The number of carbonyl (C=O) groups is 4. The van der Waals surface area contributed by atoms with Crippen LogP contribution >= 0.6 is 0 Å². The van der Waals surface area contributed by atoms with E-state index in [0.29, 0.717) is 18.3 Å². The van der Waals surface area contributed by atoms with Crippen LogP contribution in [0, 0.1) is 17.8 Å². The van der Waals surface area contributed by atoms with Crippen molar-refractivity contribution in [2.45, 2.75) is 117 Å². The van der Waals surface area contributed by atoms with E-state index in [1.54, 1.807) is 0 Å². The monoisotopic (exact) mass is 470 g/mol. The van der Waals surface area contributed by atoms with Gasteiger partial charge in [-0.3, -0.25) is 0 Å². The van der Waals surface area contributed by atoms with E-state index in [9.17, 15) is 19.2 Å². The highest BCUT2D eigenvalue weighted by molar-refractivity contribution is 5.74. The largest absolute Gasteiger partial charge is 0.358 e. The van der Waals surface area contributed by atoms with Crippen LogP contribution < -0.4 is 0 Å². The van der Waals surface area contributed by atoms with Crippen molar-refractivity contribution in [3.05, 3.63) is 0 Å². The van der Waals surface area contributed by atoms with Crippen LogP contribution in [0.25, 0.3) is 0 Å². The second-order valence-corrected chi connectivity index (χ2v) is 9.21. The predicted molar refractivity (Wildman–Crippen MR) is 121 cm³/mol. The standard InChI is InChI=1S/C25H42O8/c1-4-5-6-11-14-22-17-16-21(18-23(22)25(29)33-31-20(3)27)13-10-8-7-9-12-15-24(28)32-30-19(2)26/h21-23H,4-18H2,1-3H3. The van der Waals surface area contributed by atoms with Crippen molar-refractivity contribution in [1.82, 2.24) is 0 Å². The lowest BCUT2D eigenvalue weighted by atomic mass is 9.71. The third-order valence-corrected chi connectivity index (χ3v) is 6.32. The highest BCUT2D eigenvalue weighted by Crippen LogP contribution is 2.39. The Kier molecular flexibility index (Phi) is 15.2. The molecule has 190 valence electrons. The third kappa shape index (κ3) is 13.9. The second-order valence-electron chi connectivity index (χ2n) is 9.21. The molecule has 0 aromatic heterocycles. The molecule has 8 nitrogen and oxygen atoms in total. The maximum absolute atomic E-state index is 12.6. The summed E-state index contributed by atoms with van der Waals surface area (Å²) >= 11 is 0. The van der Waals surface area contributed by atoms with Gasteiger partial charge in [-0.1, -0.05) is 71.1 Å². The minimum atomic E-state index is -0.643. The molecular formula is C25H42O8. The summed E-state index contributed by atoms with van der Waals surface area (Å²) in [5.74, 6) is -1.61. The van der Waals surface area contributed by atoms with E-state index < -0.39 is 23.9 Å². The molecule has 33 heavy (non-hydrogen) atoms. The first kappa shape index (κ1) is 28.9. The summed E-state index contributed by atoms with van der Waals surface area (Å²) in [6.45, 7) is 4.59. The number of unbranched alkanes of at least 4 members (excludes halogenated alkanes) is 7. The zero-order chi connectivity index (χ0) is 24.5. The normalized spacial score (nSPS) is 20.0. The van der Waals surface area contributed by atoms with Crippen molar-refractivity contribution < 1.29 is 38.7 Å². The van der Waals surface area contributed by atoms with E-state index in [-0.39, 0.29) is 12.3 Å². The number of carbonyl (C=O) groups excluding carboxylic acids is 4. The maximum Gasteiger partial charge on any atom is 0.358 e. The van der Waals surface area contributed by atoms with E-state index in [1.807, 2.05) is 0 Å². The average molecular weight is 471 g/mol. The highest BCUT2D eigenvalue weighted by Gasteiger charge is 2.36. The minimum Gasteiger partial charge on any atom is -0.248 e. The predicted octanol–water partition coefficient (Wildman–Crippen LogP) is 5.76. The molecule has 0 amide bonds. The van der Waals surface area contributed by atoms with E-state index in [4.69, 9.17) is 4.89 Å². The molecule has 8 heteroatoms. The fraction of sp³-hybridized carbons (Fsp3) is 0.840. The zero-order valence-corrected chi connectivity index (χ0v) is 20.6. The van der Waals surface area contributed by atoms with Gasteiger partial charge in [0.1, 0.15) is 0 Å². The molecule has 0 aromatic rings. The molecule has 1 saturated carbocycles. The third-order valence-electron chi connectivity index (χ3n) is 6.32. The lowest BCUT2D eigenvalue weighted by Crippen LogP contribution is -2.33. The van der Waals surface area contributed by atoms with Gasteiger partial charge in [0.25, 0.3) is 0 Å². The number of hydrogen-bond acceptors (Lipinski definition) is 8. The fourth-order valence-electron chi connectivity index (χ4n) is 4.59. The zero-order valence-electron chi connectivity index (χ0n) is 20.6. The van der Waals surface area contributed by atoms with Gasteiger partial charge in [0.15, 0.2) is 0 Å². The number of rotatable bonds is 14. The van der Waals surface area contributed by atoms with Crippen LogP contribution in [0.15, 0.2) is 0 Å². The Hall–Kier alpha value is -2.12. The lowest BCUT2D eigenvalue weighted by Gasteiger charge is -2.34. The van der Waals surface area contributed by atoms with Crippen LogP contribution in [0.1, 0.15) is 117 Å². The van der Waals surface area contributed by atoms with Crippen LogP contribution in [0.4, 0.5) is 0 Å². The van der Waals surface area contributed by atoms with Gasteiger partial charge < -0.3 is 0 Å². The Labute approximate surface area is 197 Å². The van der Waals surface area contributed by atoms with Crippen molar-refractivity contribution in [2.24, 2.45) is 17.8 Å². The Balaban J connectivity index is 2.31. The fourth-order valence-corrected chi connectivity index (χ4v) is 4.59. The first-order valence-corrected chi connectivity index (χ1v) is 12.6. The van der Waals surface area contributed by atoms with Crippen LogP contribution in [-0.2, 0) is 38.7 Å². The molecule has 0 spiro atoms. The maximum atomic E-state index is 12.6. The van der Waals surface area contributed by atoms with Gasteiger partial charge >= 0.3 is 23.9 Å². The highest BCUT2D eigenvalue weighted by atomic mass is 17.2. The van der Waals surface area contributed by atoms with Crippen molar-refractivity contribution in [1.29, 1.82) is 0 Å². The smallest absolute Gasteiger partial charge is 0.248 e. The van der Waals surface area contributed by atoms with Gasteiger partial charge in [-0.05, 0) is 37.5 Å². The van der Waals surface area contributed by atoms with Crippen molar-refractivity contribution >= 4 is 23.9 Å². The van der Waals surface area contributed by atoms with Gasteiger partial charge in [-0.25, -0.2) is 38.7 Å². The van der Waals surface area contributed by atoms with Gasteiger partial charge in [-0.15, -0.1) is 0 Å². The molecule has 1 fully saturated rings. The molecule has 0 aromatic carbocycles. The van der Waals surface area contributed by atoms with E-state index >= 15 is 0 Å². The molecule has 0 heterocycles. The van der Waals surface area contributed by atoms with Crippen molar-refractivity contribution in [3.8, 4) is 0 Å². The summed E-state index contributed by atoms with van der Waals surface area (Å²) in [6, 6.07) is 0. The quantitative estimate of drug-likeness (QED) is 0.179. The average Bonchev–Trinajstić information content (AvgIpc) is 2.78.